The zero-order valence-electron chi connectivity index (χ0n) is 10.4. The molecule has 16 heavy (non-hydrogen) atoms. The number of hydrogen-bond donors (Lipinski definition) is 3. The molecule has 0 aromatic heterocycles. The van der Waals surface area contributed by atoms with Crippen molar-refractivity contribution in [3.63, 3.8) is 0 Å². The molecule has 0 aromatic rings. The van der Waals surface area contributed by atoms with Gasteiger partial charge in [-0.1, -0.05) is 20.8 Å². The minimum atomic E-state index is -1.06. The van der Waals surface area contributed by atoms with E-state index < -0.39 is 17.5 Å². The predicted molar refractivity (Wildman–Crippen MR) is 62.2 cm³/mol. The Kier molecular flexibility index (Phi) is 4.33. The maximum absolute atomic E-state index is 11.3. The summed E-state index contributed by atoms with van der Waals surface area (Å²) in [5, 5.41) is 23.2. The quantitative estimate of drug-likeness (QED) is 0.675. The average molecular weight is 229 g/mol. The number of carboxylic acid groups (broad SMARTS) is 1. The van der Waals surface area contributed by atoms with E-state index in [0.717, 1.165) is 6.42 Å². The van der Waals surface area contributed by atoms with Crippen LogP contribution in [0.15, 0.2) is 0 Å². The van der Waals surface area contributed by atoms with E-state index in [1.54, 1.807) is 0 Å². The Morgan fingerprint density at radius 3 is 2.62 bits per heavy atom. The fraction of sp³-hybridized carbons (Fsp3) is 0.917. The summed E-state index contributed by atoms with van der Waals surface area (Å²) in [6, 6.07) is 0. The van der Waals surface area contributed by atoms with Crippen LogP contribution in [0, 0.1) is 17.8 Å². The molecule has 1 saturated heterocycles. The summed E-state index contributed by atoms with van der Waals surface area (Å²) in [5.74, 6) is -1.56. The Morgan fingerprint density at radius 1 is 1.56 bits per heavy atom. The van der Waals surface area contributed by atoms with Crippen molar-refractivity contribution >= 4 is 5.97 Å². The zero-order chi connectivity index (χ0) is 12.3. The standard InChI is InChI=1S/C12H23NO3/c1-4-9-7-13-6-5-12(9,16)10(8(2)3)11(14)15/h8-10,13,16H,4-7H2,1-3H3,(H,14,15). The molecular weight excluding hydrogens is 206 g/mol. The lowest BCUT2D eigenvalue weighted by Gasteiger charge is -2.45. The number of carbonyl (C=O) groups is 1. The molecule has 3 unspecified atom stereocenters. The van der Waals surface area contributed by atoms with E-state index in [1.165, 1.54) is 0 Å². The summed E-state index contributed by atoms with van der Waals surface area (Å²) >= 11 is 0. The van der Waals surface area contributed by atoms with Gasteiger partial charge in [0.25, 0.3) is 0 Å². The lowest BCUT2D eigenvalue weighted by atomic mass is 9.68. The molecule has 0 amide bonds. The van der Waals surface area contributed by atoms with Crippen molar-refractivity contribution in [3.8, 4) is 0 Å². The van der Waals surface area contributed by atoms with Gasteiger partial charge in [0.2, 0.25) is 0 Å². The molecule has 4 nitrogen and oxygen atoms in total. The molecular formula is C12H23NO3. The molecule has 1 heterocycles. The average Bonchev–Trinajstić information content (AvgIpc) is 2.16. The van der Waals surface area contributed by atoms with Crippen LogP contribution in [0.1, 0.15) is 33.6 Å². The van der Waals surface area contributed by atoms with Crippen LogP contribution < -0.4 is 5.32 Å². The van der Waals surface area contributed by atoms with E-state index in [2.05, 4.69) is 5.32 Å². The first-order chi connectivity index (χ1) is 7.43. The number of piperidine rings is 1. The number of carboxylic acids is 1. The molecule has 1 rings (SSSR count). The van der Waals surface area contributed by atoms with Crippen LogP contribution in [-0.4, -0.2) is 34.9 Å². The third kappa shape index (κ3) is 2.38. The van der Waals surface area contributed by atoms with E-state index in [4.69, 9.17) is 0 Å². The molecule has 0 bridgehead atoms. The number of rotatable bonds is 4. The van der Waals surface area contributed by atoms with Crippen LogP contribution >= 0.6 is 0 Å². The SMILES string of the molecule is CCC1CNCCC1(O)C(C(=O)O)C(C)C. The second-order valence-corrected chi connectivity index (χ2v) is 5.11. The highest BCUT2D eigenvalue weighted by Crippen LogP contribution is 2.38. The highest BCUT2D eigenvalue weighted by molar-refractivity contribution is 5.72. The van der Waals surface area contributed by atoms with Crippen molar-refractivity contribution in [2.24, 2.45) is 17.8 Å². The van der Waals surface area contributed by atoms with Crippen molar-refractivity contribution < 1.29 is 15.0 Å². The van der Waals surface area contributed by atoms with Gasteiger partial charge in [0, 0.05) is 12.5 Å². The molecule has 0 spiro atoms. The Hall–Kier alpha value is -0.610. The van der Waals surface area contributed by atoms with Gasteiger partial charge in [0.05, 0.1) is 11.5 Å². The molecule has 0 saturated carbocycles. The van der Waals surface area contributed by atoms with Crippen LogP contribution in [0.3, 0.4) is 0 Å². The predicted octanol–water partition coefficient (Wildman–Crippen LogP) is 1.09. The van der Waals surface area contributed by atoms with Gasteiger partial charge in [0.1, 0.15) is 0 Å². The van der Waals surface area contributed by atoms with Gasteiger partial charge in [-0.2, -0.15) is 0 Å². The maximum Gasteiger partial charge on any atom is 0.309 e. The monoisotopic (exact) mass is 229 g/mol. The first-order valence-corrected chi connectivity index (χ1v) is 6.09. The largest absolute Gasteiger partial charge is 0.481 e. The molecule has 0 aliphatic carbocycles. The van der Waals surface area contributed by atoms with Gasteiger partial charge < -0.3 is 15.5 Å². The van der Waals surface area contributed by atoms with Crippen LogP contribution in [0.4, 0.5) is 0 Å². The molecule has 3 N–H and O–H groups in total. The van der Waals surface area contributed by atoms with Gasteiger partial charge in [-0.15, -0.1) is 0 Å². The van der Waals surface area contributed by atoms with E-state index in [9.17, 15) is 15.0 Å². The fourth-order valence-electron chi connectivity index (χ4n) is 2.93. The Labute approximate surface area is 97.0 Å². The highest BCUT2D eigenvalue weighted by atomic mass is 16.4. The van der Waals surface area contributed by atoms with Crippen molar-refractivity contribution in [1.82, 2.24) is 5.32 Å². The maximum atomic E-state index is 11.3. The summed E-state index contributed by atoms with van der Waals surface area (Å²) in [6.45, 7) is 7.14. The topological polar surface area (TPSA) is 69.6 Å². The first kappa shape index (κ1) is 13.5. The normalized spacial score (nSPS) is 32.7. The minimum Gasteiger partial charge on any atom is -0.481 e. The van der Waals surface area contributed by atoms with E-state index in [-0.39, 0.29) is 11.8 Å². The van der Waals surface area contributed by atoms with Crippen molar-refractivity contribution in [2.45, 2.75) is 39.2 Å². The van der Waals surface area contributed by atoms with Crippen LogP contribution in [0.2, 0.25) is 0 Å². The molecule has 1 fully saturated rings. The summed E-state index contributed by atoms with van der Waals surface area (Å²) in [5.41, 5.74) is -1.06. The molecule has 0 radical (unpaired) electrons. The number of aliphatic hydroxyl groups is 1. The molecule has 0 aromatic carbocycles. The van der Waals surface area contributed by atoms with Gasteiger partial charge in [0.15, 0.2) is 0 Å². The Balaban J connectivity index is 2.97. The second kappa shape index (κ2) is 5.15. The Bertz CT molecular complexity index is 255. The fourth-order valence-corrected chi connectivity index (χ4v) is 2.93. The van der Waals surface area contributed by atoms with Gasteiger partial charge in [-0.05, 0) is 25.3 Å². The molecule has 1 aliphatic heterocycles. The van der Waals surface area contributed by atoms with Crippen molar-refractivity contribution in [3.05, 3.63) is 0 Å². The molecule has 1 aliphatic rings. The van der Waals surface area contributed by atoms with Gasteiger partial charge in [-0.3, -0.25) is 4.79 Å². The van der Waals surface area contributed by atoms with Crippen molar-refractivity contribution in [1.29, 1.82) is 0 Å². The zero-order valence-corrected chi connectivity index (χ0v) is 10.4. The lowest BCUT2D eigenvalue weighted by molar-refractivity contribution is -0.165. The van der Waals surface area contributed by atoms with Gasteiger partial charge >= 0.3 is 5.97 Å². The summed E-state index contributed by atoms with van der Waals surface area (Å²) in [7, 11) is 0. The minimum absolute atomic E-state index is 0.0322. The van der Waals surface area contributed by atoms with Crippen LogP contribution in [0.5, 0.6) is 0 Å². The molecule has 3 atom stereocenters. The molecule has 4 heteroatoms. The number of nitrogens with one attached hydrogen (secondary N) is 1. The lowest BCUT2D eigenvalue weighted by Crippen LogP contribution is -2.57. The summed E-state index contributed by atoms with van der Waals surface area (Å²) in [4.78, 5) is 11.3. The van der Waals surface area contributed by atoms with Crippen LogP contribution in [-0.2, 0) is 4.79 Å². The van der Waals surface area contributed by atoms with E-state index >= 15 is 0 Å². The van der Waals surface area contributed by atoms with Crippen LogP contribution in [0.25, 0.3) is 0 Å². The number of aliphatic carboxylic acids is 1. The first-order valence-electron chi connectivity index (χ1n) is 6.09. The van der Waals surface area contributed by atoms with Gasteiger partial charge in [-0.25, -0.2) is 0 Å². The number of hydrogen-bond acceptors (Lipinski definition) is 3. The van der Waals surface area contributed by atoms with E-state index in [1.807, 2.05) is 20.8 Å². The third-order valence-corrected chi connectivity index (χ3v) is 3.76. The summed E-state index contributed by atoms with van der Waals surface area (Å²) < 4.78 is 0. The second-order valence-electron chi connectivity index (χ2n) is 5.11. The molecule has 94 valence electrons. The highest BCUT2D eigenvalue weighted by Gasteiger charge is 2.49. The van der Waals surface area contributed by atoms with Crippen molar-refractivity contribution in [2.75, 3.05) is 13.1 Å². The smallest absolute Gasteiger partial charge is 0.309 e. The third-order valence-electron chi connectivity index (χ3n) is 3.76. The van der Waals surface area contributed by atoms with E-state index in [0.29, 0.717) is 19.5 Å². The summed E-state index contributed by atoms with van der Waals surface area (Å²) in [6.07, 6.45) is 1.33. The Morgan fingerprint density at radius 2 is 2.19 bits per heavy atom.